The number of carbonyl (C=O) groups excluding carboxylic acids is 2. The quantitative estimate of drug-likeness (QED) is 0.880. The van der Waals surface area contributed by atoms with Crippen LogP contribution in [0.4, 0.5) is 4.39 Å². The van der Waals surface area contributed by atoms with Crippen LogP contribution in [-0.2, 0) is 11.3 Å². The molecule has 1 saturated heterocycles. The molecule has 0 radical (unpaired) electrons. The van der Waals surface area contributed by atoms with Crippen molar-refractivity contribution in [1.29, 1.82) is 0 Å². The Hall–Kier alpha value is -2.89. The van der Waals surface area contributed by atoms with E-state index in [9.17, 15) is 14.0 Å². The first-order chi connectivity index (χ1) is 13.1. The van der Waals surface area contributed by atoms with Crippen LogP contribution in [0, 0.1) is 11.7 Å². The van der Waals surface area contributed by atoms with Crippen LogP contribution in [0.5, 0.6) is 5.75 Å². The molecule has 0 bridgehead atoms. The first-order valence-electron chi connectivity index (χ1n) is 9.03. The molecule has 1 aliphatic heterocycles. The van der Waals surface area contributed by atoms with Gasteiger partial charge in [-0.25, -0.2) is 4.39 Å². The molecule has 3 rings (SSSR count). The maximum absolute atomic E-state index is 13.6. The highest BCUT2D eigenvalue weighted by atomic mass is 19.1. The molecular weight excluding hydrogens is 347 g/mol. The normalized spacial score (nSPS) is 14.7. The summed E-state index contributed by atoms with van der Waals surface area (Å²) in [5, 5.41) is 2.80. The van der Waals surface area contributed by atoms with Gasteiger partial charge < -0.3 is 15.0 Å². The van der Waals surface area contributed by atoms with Crippen LogP contribution in [0.3, 0.4) is 0 Å². The van der Waals surface area contributed by atoms with Gasteiger partial charge in [-0.3, -0.25) is 9.59 Å². The molecule has 1 heterocycles. The summed E-state index contributed by atoms with van der Waals surface area (Å²) in [5.74, 6) is 0.101. The predicted molar refractivity (Wildman–Crippen MR) is 99.9 cm³/mol. The highest BCUT2D eigenvalue weighted by Gasteiger charge is 2.27. The summed E-state index contributed by atoms with van der Waals surface area (Å²) >= 11 is 0. The molecule has 0 aliphatic carbocycles. The number of hydrogen-bond donors (Lipinski definition) is 1. The number of benzene rings is 2. The fourth-order valence-corrected chi connectivity index (χ4v) is 3.23. The van der Waals surface area contributed by atoms with Gasteiger partial charge in [-0.15, -0.1) is 0 Å². The van der Waals surface area contributed by atoms with E-state index in [1.165, 1.54) is 6.07 Å². The summed E-state index contributed by atoms with van der Waals surface area (Å²) in [6.45, 7) is 1.24. The number of halogens is 1. The molecule has 0 unspecified atom stereocenters. The molecule has 2 amide bonds. The molecule has 2 aromatic carbocycles. The molecule has 27 heavy (non-hydrogen) atoms. The Bertz CT molecular complexity index is 799. The monoisotopic (exact) mass is 370 g/mol. The summed E-state index contributed by atoms with van der Waals surface area (Å²) in [4.78, 5) is 26.7. The molecule has 0 saturated carbocycles. The highest BCUT2D eigenvalue weighted by Crippen LogP contribution is 2.20. The molecule has 0 atom stereocenters. The van der Waals surface area contributed by atoms with E-state index in [1.54, 1.807) is 54.5 Å². The van der Waals surface area contributed by atoms with Gasteiger partial charge in [0, 0.05) is 36.7 Å². The van der Waals surface area contributed by atoms with Crippen LogP contribution >= 0.6 is 0 Å². The molecule has 5 nitrogen and oxygen atoms in total. The lowest BCUT2D eigenvalue weighted by Crippen LogP contribution is -2.43. The SMILES string of the molecule is COc1ccc(C(=O)N2CCC(C(=O)NCc3ccccc3F)CC2)cc1. The van der Waals surface area contributed by atoms with E-state index in [1.807, 2.05) is 0 Å². The van der Waals surface area contributed by atoms with E-state index in [2.05, 4.69) is 5.32 Å². The minimum absolute atomic E-state index is 0.0390. The lowest BCUT2D eigenvalue weighted by atomic mass is 9.95. The number of carbonyl (C=O) groups is 2. The van der Waals surface area contributed by atoms with Crippen molar-refractivity contribution in [2.45, 2.75) is 19.4 Å². The molecule has 142 valence electrons. The maximum Gasteiger partial charge on any atom is 0.253 e. The number of nitrogens with one attached hydrogen (secondary N) is 1. The van der Waals surface area contributed by atoms with E-state index in [-0.39, 0.29) is 30.1 Å². The summed E-state index contributed by atoms with van der Waals surface area (Å²) in [6.07, 6.45) is 1.20. The molecular formula is C21H23FN2O3. The summed E-state index contributed by atoms with van der Waals surface area (Å²) in [6, 6.07) is 13.4. The Labute approximate surface area is 158 Å². The van der Waals surface area contributed by atoms with E-state index in [0.717, 1.165) is 0 Å². The standard InChI is InChI=1S/C21H23FN2O3/c1-27-18-8-6-16(7-9-18)21(26)24-12-10-15(11-13-24)20(25)23-14-17-4-2-3-5-19(17)22/h2-9,15H,10-14H2,1H3,(H,23,25). The van der Waals surface area contributed by atoms with E-state index >= 15 is 0 Å². The number of methoxy groups -OCH3 is 1. The Morgan fingerprint density at radius 3 is 2.41 bits per heavy atom. The molecule has 1 N–H and O–H groups in total. The van der Waals surface area contributed by atoms with Gasteiger partial charge in [-0.1, -0.05) is 18.2 Å². The minimum atomic E-state index is -0.322. The second kappa shape index (κ2) is 8.66. The molecule has 6 heteroatoms. The second-order valence-electron chi connectivity index (χ2n) is 6.60. The van der Waals surface area contributed by atoms with Gasteiger partial charge in [0.05, 0.1) is 7.11 Å². The van der Waals surface area contributed by atoms with Crippen molar-refractivity contribution < 1.29 is 18.7 Å². The summed E-state index contributed by atoms with van der Waals surface area (Å²) in [5.41, 5.74) is 1.08. The largest absolute Gasteiger partial charge is 0.497 e. The molecule has 2 aromatic rings. The number of ether oxygens (including phenoxy) is 1. The second-order valence-corrected chi connectivity index (χ2v) is 6.60. The van der Waals surface area contributed by atoms with Gasteiger partial charge in [0.2, 0.25) is 5.91 Å². The summed E-state index contributed by atoms with van der Waals surface area (Å²) in [7, 11) is 1.58. The fourth-order valence-electron chi connectivity index (χ4n) is 3.23. The average molecular weight is 370 g/mol. The van der Waals surface area contributed by atoms with Crippen LogP contribution in [-0.4, -0.2) is 36.9 Å². The van der Waals surface area contributed by atoms with Crippen molar-refractivity contribution >= 4 is 11.8 Å². The van der Waals surface area contributed by atoms with E-state index < -0.39 is 0 Å². The highest BCUT2D eigenvalue weighted by molar-refractivity contribution is 5.94. The van der Waals surface area contributed by atoms with Crippen LogP contribution in [0.15, 0.2) is 48.5 Å². The predicted octanol–water partition coefficient (Wildman–Crippen LogP) is 3.00. The third-order valence-corrected chi connectivity index (χ3v) is 4.90. The van der Waals surface area contributed by atoms with Crippen molar-refractivity contribution in [3.05, 3.63) is 65.5 Å². The van der Waals surface area contributed by atoms with Gasteiger partial charge in [0.1, 0.15) is 11.6 Å². The number of nitrogens with zero attached hydrogens (tertiary/aromatic N) is 1. The van der Waals surface area contributed by atoms with Crippen LogP contribution < -0.4 is 10.1 Å². The van der Waals surface area contributed by atoms with Crippen LogP contribution in [0.1, 0.15) is 28.8 Å². The van der Waals surface area contributed by atoms with Crippen LogP contribution in [0.2, 0.25) is 0 Å². The number of likely N-dealkylation sites (tertiary alicyclic amines) is 1. The number of piperidine rings is 1. The Kier molecular flexibility index (Phi) is 6.06. The maximum atomic E-state index is 13.6. The molecule has 1 aliphatic rings. The lowest BCUT2D eigenvalue weighted by Gasteiger charge is -2.31. The zero-order valence-corrected chi connectivity index (χ0v) is 15.3. The first-order valence-corrected chi connectivity index (χ1v) is 9.03. The van der Waals surface area contributed by atoms with Crippen molar-refractivity contribution in [2.24, 2.45) is 5.92 Å². The van der Waals surface area contributed by atoms with Crippen molar-refractivity contribution in [1.82, 2.24) is 10.2 Å². The number of hydrogen-bond acceptors (Lipinski definition) is 3. The summed E-state index contributed by atoms with van der Waals surface area (Å²) < 4.78 is 18.7. The number of amides is 2. The third-order valence-electron chi connectivity index (χ3n) is 4.90. The van der Waals surface area contributed by atoms with Gasteiger partial charge in [0.15, 0.2) is 0 Å². The Morgan fingerprint density at radius 1 is 1.11 bits per heavy atom. The van der Waals surface area contributed by atoms with Gasteiger partial charge in [-0.05, 0) is 43.2 Å². The van der Waals surface area contributed by atoms with Crippen molar-refractivity contribution in [3.63, 3.8) is 0 Å². The minimum Gasteiger partial charge on any atom is -0.497 e. The van der Waals surface area contributed by atoms with Gasteiger partial charge in [0.25, 0.3) is 5.91 Å². The average Bonchev–Trinajstić information content (AvgIpc) is 2.72. The molecule has 0 aromatic heterocycles. The Balaban J connectivity index is 1.49. The Morgan fingerprint density at radius 2 is 1.78 bits per heavy atom. The lowest BCUT2D eigenvalue weighted by molar-refractivity contribution is -0.126. The van der Waals surface area contributed by atoms with Gasteiger partial charge in [-0.2, -0.15) is 0 Å². The molecule has 0 spiro atoms. The topological polar surface area (TPSA) is 58.6 Å². The zero-order chi connectivity index (χ0) is 19.2. The fraction of sp³-hybridized carbons (Fsp3) is 0.333. The van der Waals surface area contributed by atoms with Crippen molar-refractivity contribution in [2.75, 3.05) is 20.2 Å². The number of rotatable bonds is 5. The third kappa shape index (κ3) is 4.64. The molecule has 1 fully saturated rings. The zero-order valence-electron chi connectivity index (χ0n) is 15.3. The van der Waals surface area contributed by atoms with Crippen LogP contribution in [0.25, 0.3) is 0 Å². The van der Waals surface area contributed by atoms with Crippen molar-refractivity contribution in [3.8, 4) is 5.75 Å². The van der Waals surface area contributed by atoms with E-state index in [4.69, 9.17) is 4.74 Å². The van der Waals surface area contributed by atoms with E-state index in [0.29, 0.717) is 42.8 Å². The first kappa shape index (κ1) is 18.9. The smallest absolute Gasteiger partial charge is 0.253 e. The van der Waals surface area contributed by atoms with Gasteiger partial charge >= 0.3 is 0 Å².